The van der Waals surface area contributed by atoms with Crippen molar-refractivity contribution in [1.82, 2.24) is 0 Å². The third kappa shape index (κ3) is 3.31. The fourth-order valence-corrected chi connectivity index (χ4v) is 1.40. The van der Waals surface area contributed by atoms with Crippen molar-refractivity contribution in [1.29, 1.82) is 0 Å². The van der Waals surface area contributed by atoms with E-state index in [9.17, 15) is 10.1 Å². The number of hydrogen-bond acceptors (Lipinski definition) is 6. The maximum Gasteiger partial charge on any atom is 0.278 e. The predicted molar refractivity (Wildman–Crippen MR) is 62.9 cm³/mol. The first-order chi connectivity index (χ1) is 8.63. The lowest BCUT2D eigenvalue weighted by molar-refractivity contribution is -0.385. The predicted octanol–water partition coefficient (Wildman–Crippen LogP) is 1.12. The Balaban J connectivity index is 3.07. The largest absolute Gasteiger partial charge is 0.493 e. The maximum atomic E-state index is 10.8. The van der Waals surface area contributed by atoms with E-state index in [2.05, 4.69) is 0 Å². The number of aliphatic hydroxyl groups is 1. The molecule has 0 saturated heterocycles. The van der Waals surface area contributed by atoms with E-state index in [1.807, 2.05) is 0 Å². The average Bonchev–Trinajstić information content (AvgIpc) is 2.38. The molecule has 1 aromatic carbocycles. The van der Waals surface area contributed by atoms with Crippen LogP contribution in [0.4, 0.5) is 5.69 Å². The molecule has 0 unspecified atom stereocenters. The van der Waals surface area contributed by atoms with Crippen LogP contribution in [0.25, 0.3) is 0 Å². The van der Waals surface area contributed by atoms with Gasteiger partial charge in [-0.3, -0.25) is 10.1 Å². The van der Waals surface area contributed by atoms with Crippen LogP contribution in [0.15, 0.2) is 12.1 Å². The first-order valence-electron chi connectivity index (χ1n) is 5.22. The van der Waals surface area contributed by atoms with Crippen LogP contribution in [0.2, 0.25) is 0 Å². The van der Waals surface area contributed by atoms with Gasteiger partial charge in [0.2, 0.25) is 0 Å². The second-order valence-corrected chi connectivity index (χ2v) is 3.39. The summed E-state index contributed by atoms with van der Waals surface area (Å²) in [5.41, 5.74) is -0.0262. The molecule has 1 rings (SSSR count). The number of rotatable bonds is 7. The van der Waals surface area contributed by atoms with Crippen molar-refractivity contribution in [2.24, 2.45) is 0 Å². The van der Waals surface area contributed by atoms with Gasteiger partial charge in [0.25, 0.3) is 5.69 Å². The molecular weight excluding hydrogens is 242 g/mol. The molecular formula is C11H15NO6. The maximum absolute atomic E-state index is 10.8. The van der Waals surface area contributed by atoms with Gasteiger partial charge in [-0.25, -0.2) is 0 Å². The molecule has 18 heavy (non-hydrogen) atoms. The molecule has 0 aromatic heterocycles. The third-order valence-electron chi connectivity index (χ3n) is 2.28. The van der Waals surface area contributed by atoms with Gasteiger partial charge in [0.1, 0.15) is 6.61 Å². The van der Waals surface area contributed by atoms with Gasteiger partial charge < -0.3 is 19.3 Å². The molecule has 0 bridgehead atoms. The molecule has 0 fully saturated rings. The molecule has 0 aliphatic heterocycles. The first kappa shape index (κ1) is 14.2. The molecule has 0 saturated carbocycles. The zero-order valence-electron chi connectivity index (χ0n) is 10.2. The summed E-state index contributed by atoms with van der Waals surface area (Å²) in [6, 6.07) is 2.63. The lowest BCUT2D eigenvalue weighted by atomic mass is 10.1. The van der Waals surface area contributed by atoms with Gasteiger partial charge in [-0.2, -0.15) is 0 Å². The van der Waals surface area contributed by atoms with Crippen LogP contribution in [0.1, 0.15) is 5.56 Å². The summed E-state index contributed by atoms with van der Waals surface area (Å²) in [6.45, 7) is 0.173. The highest BCUT2D eigenvalue weighted by Crippen LogP contribution is 2.34. The van der Waals surface area contributed by atoms with Crippen molar-refractivity contribution >= 4 is 5.69 Å². The van der Waals surface area contributed by atoms with Gasteiger partial charge >= 0.3 is 0 Å². The van der Waals surface area contributed by atoms with Gasteiger partial charge in [-0.05, 0) is 6.07 Å². The number of nitro groups is 1. The summed E-state index contributed by atoms with van der Waals surface area (Å²) >= 11 is 0. The number of benzene rings is 1. The van der Waals surface area contributed by atoms with Crippen molar-refractivity contribution < 1.29 is 24.2 Å². The van der Waals surface area contributed by atoms with E-state index >= 15 is 0 Å². The highest BCUT2D eigenvalue weighted by molar-refractivity contribution is 5.54. The van der Waals surface area contributed by atoms with Crippen molar-refractivity contribution in [3.8, 4) is 11.5 Å². The van der Waals surface area contributed by atoms with Crippen molar-refractivity contribution in [3.05, 3.63) is 27.8 Å². The van der Waals surface area contributed by atoms with Gasteiger partial charge in [0.05, 0.1) is 36.9 Å². The summed E-state index contributed by atoms with van der Waals surface area (Å²) in [7, 11) is 2.95. The summed E-state index contributed by atoms with van der Waals surface area (Å²) in [5, 5.41) is 19.9. The van der Waals surface area contributed by atoms with Crippen LogP contribution in [0.5, 0.6) is 11.5 Å². The standard InChI is InChI=1S/C11H15NO6/c1-16-3-4-18-11-6-9(12(14)15)8(7-13)5-10(11)17-2/h5-6,13H,3-4,7H2,1-2H3. The van der Waals surface area contributed by atoms with Crippen LogP contribution in [0, 0.1) is 10.1 Å². The van der Waals surface area contributed by atoms with Gasteiger partial charge in [-0.15, -0.1) is 0 Å². The van der Waals surface area contributed by atoms with Crippen LogP contribution < -0.4 is 9.47 Å². The highest BCUT2D eigenvalue weighted by Gasteiger charge is 2.19. The Labute approximate surface area is 104 Å². The number of aliphatic hydroxyl groups excluding tert-OH is 1. The number of methoxy groups -OCH3 is 2. The van der Waals surface area contributed by atoms with E-state index in [1.54, 1.807) is 0 Å². The number of nitrogens with zero attached hydrogens (tertiary/aromatic N) is 1. The lowest BCUT2D eigenvalue weighted by Gasteiger charge is -2.11. The molecule has 0 spiro atoms. The first-order valence-corrected chi connectivity index (χ1v) is 5.22. The Morgan fingerprint density at radius 3 is 2.50 bits per heavy atom. The molecule has 1 aromatic rings. The monoisotopic (exact) mass is 257 g/mol. The Morgan fingerprint density at radius 1 is 1.28 bits per heavy atom. The fraction of sp³-hybridized carbons (Fsp3) is 0.455. The Bertz CT molecular complexity index is 420. The zero-order valence-corrected chi connectivity index (χ0v) is 10.2. The van der Waals surface area contributed by atoms with Gasteiger partial charge in [0, 0.05) is 7.11 Å². The fourth-order valence-electron chi connectivity index (χ4n) is 1.40. The summed E-state index contributed by atoms with van der Waals surface area (Å²) in [5.74, 6) is 0.583. The lowest BCUT2D eigenvalue weighted by Crippen LogP contribution is -2.06. The van der Waals surface area contributed by atoms with E-state index < -0.39 is 11.5 Å². The Kier molecular flexibility index (Phi) is 5.34. The van der Waals surface area contributed by atoms with Crippen LogP contribution in [0.3, 0.4) is 0 Å². The number of hydrogen-bond donors (Lipinski definition) is 1. The minimum Gasteiger partial charge on any atom is -0.493 e. The molecule has 0 heterocycles. The number of nitro benzene ring substituents is 1. The van der Waals surface area contributed by atoms with Crippen molar-refractivity contribution in [3.63, 3.8) is 0 Å². The minimum absolute atomic E-state index is 0.177. The average molecular weight is 257 g/mol. The number of ether oxygens (including phenoxy) is 3. The SMILES string of the molecule is COCCOc1cc([N+](=O)[O-])c(CO)cc1OC. The van der Waals surface area contributed by atoms with Crippen molar-refractivity contribution in [2.45, 2.75) is 6.61 Å². The van der Waals surface area contributed by atoms with Gasteiger partial charge in [0.15, 0.2) is 11.5 Å². The molecule has 0 aliphatic carbocycles. The molecule has 100 valence electrons. The van der Waals surface area contributed by atoms with E-state index in [0.717, 1.165) is 0 Å². The molecule has 7 nitrogen and oxygen atoms in total. The second-order valence-electron chi connectivity index (χ2n) is 3.39. The topological polar surface area (TPSA) is 91.1 Å². The highest BCUT2D eigenvalue weighted by atomic mass is 16.6. The van der Waals surface area contributed by atoms with Crippen molar-refractivity contribution in [2.75, 3.05) is 27.4 Å². The van der Waals surface area contributed by atoms with E-state index in [-0.39, 0.29) is 23.6 Å². The zero-order chi connectivity index (χ0) is 13.5. The minimum atomic E-state index is -0.575. The van der Waals surface area contributed by atoms with Gasteiger partial charge in [-0.1, -0.05) is 0 Å². The van der Waals surface area contributed by atoms with E-state index in [0.29, 0.717) is 12.4 Å². The van der Waals surface area contributed by atoms with Crippen LogP contribution in [-0.2, 0) is 11.3 Å². The summed E-state index contributed by atoms with van der Waals surface area (Å²) in [6.07, 6.45) is 0. The molecule has 1 N–H and O–H groups in total. The Hall–Kier alpha value is -1.86. The summed E-state index contributed by atoms with van der Waals surface area (Å²) < 4.78 is 15.2. The molecule has 7 heteroatoms. The van der Waals surface area contributed by atoms with E-state index in [1.165, 1.54) is 26.4 Å². The molecule has 0 aliphatic rings. The van der Waals surface area contributed by atoms with E-state index in [4.69, 9.17) is 19.3 Å². The molecule has 0 radical (unpaired) electrons. The quantitative estimate of drug-likeness (QED) is 0.447. The Morgan fingerprint density at radius 2 is 2.00 bits per heavy atom. The van der Waals surface area contributed by atoms with Crippen LogP contribution in [-0.4, -0.2) is 37.5 Å². The smallest absolute Gasteiger partial charge is 0.278 e. The normalized spacial score (nSPS) is 10.2. The van der Waals surface area contributed by atoms with Crippen LogP contribution >= 0.6 is 0 Å². The molecule has 0 atom stereocenters. The molecule has 0 amide bonds. The third-order valence-corrected chi connectivity index (χ3v) is 2.28. The second kappa shape index (κ2) is 6.77. The summed E-state index contributed by atoms with van der Waals surface area (Å²) in [4.78, 5) is 10.3.